The highest BCUT2D eigenvalue weighted by atomic mass is 19.4. The van der Waals surface area contributed by atoms with Gasteiger partial charge in [0.15, 0.2) is 5.41 Å². The van der Waals surface area contributed by atoms with Crippen LogP contribution in [0.5, 0.6) is 5.75 Å². The van der Waals surface area contributed by atoms with Gasteiger partial charge in [0.1, 0.15) is 5.75 Å². The van der Waals surface area contributed by atoms with Crippen LogP contribution in [0.25, 0.3) is 0 Å². The fourth-order valence-electron chi connectivity index (χ4n) is 3.46. The summed E-state index contributed by atoms with van der Waals surface area (Å²) in [6.45, 7) is 2.57. The van der Waals surface area contributed by atoms with E-state index in [1.54, 1.807) is 29.2 Å². The SMILES string of the molecule is CCOc1ccc(NC(=O)C2(C(F)(F)F)CCN(Cc3ccccc3)C2)cc1. The standard InChI is InChI=1S/C21H23F3N2O2/c1-2-28-18-10-8-17(9-11-18)25-19(27)20(21(22,23)24)12-13-26(15-20)14-16-6-4-3-5-7-16/h3-11H,2,12-15H2,1H3,(H,25,27). The molecule has 1 unspecified atom stereocenters. The summed E-state index contributed by atoms with van der Waals surface area (Å²) in [5.74, 6) is -0.416. The van der Waals surface area contributed by atoms with Crippen molar-refractivity contribution in [2.24, 2.45) is 5.41 Å². The summed E-state index contributed by atoms with van der Waals surface area (Å²) in [5.41, 5.74) is -1.17. The summed E-state index contributed by atoms with van der Waals surface area (Å²) in [6.07, 6.45) is -4.89. The van der Waals surface area contributed by atoms with Crippen LogP contribution in [0.2, 0.25) is 0 Å². The highest BCUT2D eigenvalue weighted by Crippen LogP contribution is 2.46. The number of ether oxygens (including phenoxy) is 1. The largest absolute Gasteiger partial charge is 0.494 e. The predicted molar refractivity (Wildman–Crippen MR) is 101 cm³/mol. The molecule has 1 saturated heterocycles. The number of carbonyl (C=O) groups excluding carboxylic acids is 1. The molecule has 0 spiro atoms. The molecule has 1 heterocycles. The Morgan fingerprint density at radius 1 is 1.14 bits per heavy atom. The van der Waals surface area contributed by atoms with Crippen LogP contribution >= 0.6 is 0 Å². The van der Waals surface area contributed by atoms with Crippen LogP contribution < -0.4 is 10.1 Å². The zero-order valence-electron chi connectivity index (χ0n) is 15.6. The lowest BCUT2D eigenvalue weighted by molar-refractivity contribution is -0.215. The first-order valence-electron chi connectivity index (χ1n) is 9.21. The van der Waals surface area contributed by atoms with Crippen molar-refractivity contribution < 1.29 is 22.7 Å². The molecule has 2 aromatic rings. The van der Waals surface area contributed by atoms with Gasteiger partial charge in [0, 0.05) is 18.8 Å². The number of halogens is 3. The fourth-order valence-corrected chi connectivity index (χ4v) is 3.46. The number of alkyl halides is 3. The lowest BCUT2D eigenvalue weighted by Gasteiger charge is -2.30. The van der Waals surface area contributed by atoms with E-state index in [0.29, 0.717) is 24.6 Å². The summed E-state index contributed by atoms with van der Waals surface area (Å²) in [6, 6.07) is 15.6. The average Bonchev–Trinajstić information content (AvgIpc) is 3.10. The van der Waals surface area contributed by atoms with Crippen molar-refractivity contribution in [3.05, 3.63) is 60.2 Å². The Kier molecular flexibility index (Phi) is 5.93. The van der Waals surface area contributed by atoms with Crippen molar-refractivity contribution >= 4 is 11.6 Å². The first-order chi connectivity index (χ1) is 13.3. The lowest BCUT2D eigenvalue weighted by atomic mass is 9.85. The quantitative estimate of drug-likeness (QED) is 0.788. The van der Waals surface area contributed by atoms with Gasteiger partial charge in [0.05, 0.1) is 6.61 Å². The molecule has 0 aromatic heterocycles. The normalized spacial score (nSPS) is 20.1. The third-order valence-electron chi connectivity index (χ3n) is 5.00. The van der Waals surface area contributed by atoms with Crippen LogP contribution in [0, 0.1) is 5.41 Å². The van der Waals surface area contributed by atoms with Crippen molar-refractivity contribution in [1.82, 2.24) is 4.90 Å². The van der Waals surface area contributed by atoms with E-state index in [0.717, 1.165) is 5.56 Å². The fraction of sp³-hybridized carbons (Fsp3) is 0.381. The summed E-state index contributed by atoms with van der Waals surface area (Å²) in [4.78, 5) is 14.4. The zero-order valence-corrected chi connectivity index (χ0v) is 15.6. The van der Waals surface area contributed by atoms with Crippen molar-refractivity contribution in [1.29, 1.82) is 0 Å². The molecule has 0 radical (unpaired) electrons. The Morgan fingerprint density at radius 2 is 1.82 bits per heavy atom. The molecule has 1 fully saturated rings. The minimum absolute atomic E-state index is 0.213. The highest BCUT2D eigenvalue weighted by molar-refractivity contribution is 5.96. The van der Waals surface area contributed by atoms with Crippen LogP contribution in [-0.2, 0) is 11.3 Å². The zero-order chi connectivity index (χ0) is 20.2. The van der Waals surface area contributed by atoms with Gasteiger partial charge < -0.3 is 10.1 Å². The molecule has 4 nitrogen and oxygen atoms in total. The van der Waals surface area contributed by atoms with E-state index in [1.807, 2.05) is 37.3 Å². The minimum atomic E-state index is -4.63. The Labute approximate surface area is 162 Å². The number of hydrogen-bond acceptors (Lipinski definition) is 3. The van der Waals surface area contributed by atoms with Crippen LogP contribution in [0.3, 0.4) is 0 Å². The van der Waals surface area contributed by atoms with E-state index in [4.69, 9.17) is 4.74 Å². The van der Waals surface area contributed by atoms with Gasteiger partial charge in [-0.25, -0.2) is 0 Å². The molecule has 1 aliphatic heterocycles. The number of carbonyl (C=O) groups is 1. The van der Waals surface area contributed by atoms with E-state index in [9.17, 15) is 18.0 Å². The van der Waals surface area contributed by atoms with Gasteiger partial charge in [-0.15, -0.1) is 0 Å². The molecule has 0 saturated carbocycles. The molecule has 0 aliphatic carbocycles. The van der Waals surface area contributed by atoms with E-state index < -0.39 is 17.5 Å². The summed E-state index contributed by atoms with van der Waals surface area (Å²) in [5, 5.41) is 2.44. The van der Waals surface area contributed by atoms with E-state index >= 15 is 0 Å². The van der Waals surface area contributed by atoms with E-state index in [1.165, 1.54) is 0 Å². The van der Waals surface area contributed by atoms with Crippen molar-refractivity contribution in [2.75, 3.05) is 25.0 Å². The van der Waals surface area contributed by atoms with Gasteiger partial charge >= 0.3 is 6.18 Å². The van der Waals surface area contributed by atoms with Gasteiger partial charge in [0.25, 0.3) is 0 Å². The lowest BCUT2D eigenvalue weighted by Crippen LogP contribution is -2.49. The molecule has 1 N–H and O–H groups in total. The van der Waals surface area contributed by atoms with Crippen molar-refractivity contribution in [3.63, 3.8) is 0 Å². The average molecular weight is 392 g/mol. The Morgan fingerprint density at radius 3 is 2.43 bits per heavy atom. The highest BCUT2D eigenvalue weighted by Gasteiger charge is 2.62. The maximum Gasteiger partial charge on any atom is 0.404 e. The van der Waals surface area contributed by atoms with Gasteiger partial charge in [-0.2, -0.15) is 13.2 Å². The third kappa shape index (κ3) is 4.30. The number of rotatable bonds is 6. The van der Waals surface area contributed by atoms with Crippen molar-refractivity contribution in [3.8, 4) is 5.75 Å². The predicted octanol–water partition coefficient (Wildman–Crippen LogP) is 4.48. The summed E-state index contributed by atoms with van der Waals surface area (Å²) >= 11 is 0. The van der Waals surface area contributed by atoms with Crippen LogP contribution in [0.4, 0.5) is 18.9 Å². The number of benzene rings is 2. The second-order valence-corrected chi connectivity index (χ2v) is 6.94. The monoisotopic (exact) mass is 392 g/mol. The molecular formula is C21H23F3N2O2. The molecule has 1 aliphatic rings. The molecule has 3 rings (SSSR count). The van der Waals surface area contributed by atoms with Gasteiger partial charge in [-0.05, 0) is 49.7 Å². The Balaban J connectivity index is 1.73. The molecule has 7 heteroatoms. The number of nitrogens with zero attached hydrogens (tertiary/aromatic N) is 1. The summed E-state index contributed by atoms with van der Waals surface area (Å²) < 4.78 is 47.1. The second kappa shape index (κ2) is 8.22. The smallest absolute Gasteiger partial charge is 0.404 e. The second-order valence-electron chi connectivity index (χ2n) is 6.94. The Bertz CT molecular complexity index is 794. The number of amides is 1. The van der Waals surface area contributed by atoms with Crippen molar-refractivity contribution in [2.45, 2.75) is 26.1 Å². The molecular weight excluding hydrogens is 369 g/mol. The molecule has 1 atom stereocenters. The van der Waals surface area contributed by atoms with Crippen LogP contribution in [0.1, 0.15) is 18.9 Å². The van der Waals surface area contributed by atoms with Gasteiger partial charge in [-0.1, -0.05) is 30.3 Å². The molecule has 1 amide bonds. The molecule has 150 valence electrons. The van der Waals surface area contributed by atoms with E-state index in [2.05, 4.69) is 5.32 Å². The molecule has 2 aromatic carbocycles. The van der Waals surface area contributed by atoms with Crippen LogP contribution in [0.15, 0.2) is 54.6 Å². The van der Waals surface area contributed by atoms with Gasteiger partial charge in [-0.3, -0.25) is 9.69 Å². The maximum atomic E-state index is 13.9. The number of likely N-dealkylation sites (tertiary alicyclic amines) is 1. The molecule has 0 bridgehead atoms. The first kappa shape index (κ1) is 20.2. The topological polar surface area (TPSA) is 41.6 Å². The van der Waals surface area contributed by atoms with Crippen LogP contribution in [-0.4, -0.2) is 36.7 Å². The number of nitrogens with one attached hydrogen (secondary N) is 1. The Hall–Kier alpha value is -2.54. The minimum Gasteiger partial charge on any atom is -0.494 e. The number of hydrogen-bond donors (Lipinski definition) is 1. The van der Waals surface area contributed by atoms with E-state index in [-0.39, 0.29) is 19.5 Å². The van der Waals surface area contributed by atoms with Gasteiger partial charge in [0.2, 0.25) is 5.91 Å². The maximum absolute atomic E-state index is 13.9. The third-order valence-corrected chi connectivity index (χ3v) is 5.00. The summed E-state index contributed by atoms with van der Waals surface area (Å²) in [7, 11) is 0. The molecule has 28 heavy (non-hydrogen) atoms. The first-order valence-corrected chi connectivity index (χ1v) is 9.21. The number of anilines is 1.